The second-order valence-electron chi connectivity index (χ2n) is 11.1. The average molecular weight is 724 g/mol. The third-order valence-electron chi connectivity index (χ3n) is 7.23. The van der Waals surface area contributed by atoms with E-state index in [1.807, 2.05) is 0 Å². The van der Waals surface area contributed by atoms with Crippen LogP contribution in [0.25, 0.3) is 0 Å². The molecule has 4 heterocycles. The Hall–Kier alpha value is -5.49. The molecule has 1 fully saturated rings. The van der Waals surface area contributed by atoms with E-state index in [9.17, 15) is 34.2 Å². The van der Waals surface area contributed by atoms with Crippen LogP contribution < -0.4 is 44.0 Å². The maximum atomic E-state index is 13.3. The van der Waals surface area contributed by atoms with Gasteiger partial charge in [-0.25, -0.2) is 14.6 Å². The first kappa shape index (κ1) is 36.3. The lowest BCUT2D eigenvalue weighted by atomic mass is 10.0. The minimum absolute atomic E-state index is 0.0143. The van der Waals surface area contributed by atoms with Gasteiger partial charge in [0, 0.05) is 22.9 Å². The Kier molecular flexibility index (Phi) is 10.6. The Labute approximate surface area is 285 Å². The van der Waals surface area contributed by atoms with Crippen molar-refractivity contribution in [3.8, 4) is 0 Å². The summed E-state index contributed by atoms with van der Waals surface area (Å²) in [7, 11) is 1.59. The molecule has 2 aromatic heterocycles. The molecule has 0 spiro atoms. The highest BCUT2D eigenvalue weighted by Gasteiger charge is 2.55. The van der Waals surface area contributed by atoms with Crippen molar-refractivity contribution in [1.29, 1.82) is 0 Å². The first-order chi connectivity index (χ1) is 23.0. The van der Waals surface area contributed by atoms with Crippen LogP contribution in [0.1, 0.15) is 26.1 Å². The van der Waals surface area contributed by atoms with E-state index < -0.39 is 58.4 Å². The van der Waals surface area contributed by atoms with E-state index in [1.165, 1.54) is 36.5 Å². The van der Waals surface area contributed by atoms with E-state index in [4.69, 9.17) is 33.5 Å². The molecule has 0 bridgehead atoms. The number of anilines is 3. The number of nitrogens with one attached hydrogen (secondary N) is 2. The van der Waals surface area contributed by atoms with Gasteiger partial charge in [-0.15, -0.1) is 21.1 Å². The van der Waals surface area contributed by atoms with Crippen LogP contribution in [0.15, 0.2) is 27.6 Å². The topological polar surface area (TPSA) is 352 Å². The number of carboxylic acid groups (broad SMARTS) is 2. The van der Waals surface area contributed by atoms with E-state index in [0.29, 0.717) is 5.57 Å². The lowest BCUT2D eigenvalue weighted by Crippen LogP contribution is -2.71. The van der Waals surface area contributed by atoms with Gasteiger partial charge >= 0.3 is 11.9 Å². The van der Waals surface area contributed by atoms with E-state index in [1.54, 1.807) is 11.7 Å². The van der Waals surface area contributed by atoms with Gasteiger partial charge in [0.15, 0.2) is 29.1 Å². The van der Waals surface area contributed by atoms with Gasteiger partial charge in [0.2, 0.25) is 29.2 Å². The number of nitrogens with two attached hydrogens (primary N) is 5. The zero-order chi connectivity index (χ0) is 36.4. The maximum Gasteiger partial charge on any atom is 0.352 e. The number of oxime groups is 1. The average Bonchev–Trinajstić information content (AvgIpc) is 3.56. The fourth-order valence-electron chi connectivity index (χ4n) is 4.59. The molecule has 264 valence electrons. The number of amides is 3. The Morgan fingerprint density at radius 3 is 2.51 bits per heavy atom. The summed E-state index contributed by atoms with van der Waals surface area (Å²) >= 11 is 1.93. The zero-order valence-corrected chi connectivity index (χ0v) is 27.9. The quantitative estimate of drug-likeness (QED) is 0.0297. The van der Waals surface area contributed by atoms with Crippen molar-refractivity contribution >= 4 is 81.3 Å². The van der Waals surface area contributed by atoms with Gasteiger partial charge in [-0.1, -0.05) is 5.16 Å². The molecular weight excluding hydrogens is 688 g/mol. The largest absolute Gasteiger partial charge is 0.478 e. The highest BCUT2D eigenvalue weighted by atomic mass is 32.2. The molecule has 0 aliphatic carbocycles. The molecule has 4 rings (SSSR count). The second kappa shape index (κ2) is 14.3. The highest BCUT2D eigenvalue weighted by Crippen LogP contribution is 2.40. The van der Waals surface area contributed by atoms with Crippen LogP contribution in [0, 0.1) is 0 Å². The van der Waals surface area contributed by atoms with Crippen molar-refractivity contribution in [3.05, 3.63) is 23.3 Å². The van der Waals surface area contributed by atoms with Crippen LogP contribution in [0.2, 0.25) is 0 Å². The lowest BCUT2D eigenvalue weighted by molar-refractivity contribution is -0.765. The zero-order valence-electron chi connectivity index (χ0n) is 26.3. The van der Waals surface area contributed by atoms with Crippen LogP contribution >= 0.6 is 23.3 Å². The van der Waals surface area contributed by atoms with Gasteiger partial charge in [-0.2, -0.15) is 9.36 Å². The molecule has 0 saturated carbocycles. The number of carbonyl (C=O) groups is 5. The van der Waals surface area contributed by atoms with Crippen molar-refractivity contribution in [2.24, 2.45) is 34.4 Å². The third kappa shape index (κ3) is 7.65. The van der Waals surface area contributed by atoms with Crippen LogP contribution in [0.4, 0.5) is 16.6 Å². The first-order valence-corrected chi connectivity index (χ1v) is 16.0. The van der Waals surface area contributed by atoms with Crippen LogP contribution in [0.3, 0.4) is 0 Å². The van der Waals surface area contributed by atoms with Gasteiger partial charge in [-0.05, 0) is 26.8 Å². The minimum Gasteiger partial charge on any atom is -0.478 e. The normalized spacial score (nSPS) is 18.2. The fourth-order valence-corrected chi connectivity index (χ4v) is 6.36. The summed E-state index contributed by atoms with van der Waals surface area (Å²) in [4.78, 5) is 77.3. The number of rotatable bonds is 14. The number of aliphatic carboxylic acids is 2. The molecule has 0 radical (unpaired) electrons. The molecule has 1 saturated heterocycles. The molecular formula is C25H35N14O8S2+. The van der Waals surface area contributed by atoms with E-state index in [2.05, 4.69) is 30.1 Å². The number of thioether (sulfide) groups is 1. The number of carboxylic acids is 2. The van der Waals surface area contributed by atoms with Gasteiger partial charge in [-0.3, -0.25) is 19.3 Å². The Bertz CT molecular complexity index is 1780. The van der Waals surface area contributed by atoms with Crippen LogP contribution in [-0.2, 0) is 42.4 Å². The van der Waals surface area contributed by atoms with Gasteiger partial charge in [0.05, 0.1) is 7.05 Å². The molecule has 14 N–H and O–H groups in total. The van der Waals surface area contributed by atoms with E-state index in [-0.39, 0.29) is 59.4 Å². The van der Waals surface area contributed by atoms with Crippen LogP contribution in [0.5, 0.6) is 0 Å². The fraction of sp³-hybridized carbons (Fsp3) is 0.440. The maximum absolute atomic E-state index is 13.3. The van der Waals surface area contributed by atoms with Crippen LogP contribution in [-0.4, -0.2) is 106 Å². The summed E-state index contributed by atoms with van der Waals surface area (Å²) in [5, 5.41) is 27.5. The molecule has 0 aromatic carbocycles. The predicted octanol–water partition coefficient (Wildman–Crippen LogP) is -3.72. The standard InChI is InChI=1S/C25H34N14O8S2/c1-25(2,22(45)46)47-35-12(16-34-24(30)49-36-16)18(41)33-13-19(42)39-14(21(43)44)9(8-48-20(13)39)6-38-7-11(15(27)37(38)3)31-17(40)10(4-5-26)32-23(28)29/h7,10,13,20,27H,4-6,8,26H2,1-3H3,(H10,28,29,30,31,32,33,34,36,40,41,43,44,45,46)/p+1/b35-12-/t10-,13+,20+/m0/s1. The number of hydrogen-bond donors (Lipinski definition) is 9. The summed E-state index contributed by atoms with van der Waals surface area (Å²) in [6.45, 7) is 2.50. The molecule has 3 amide bonds. The van der Waals surface area contributed by atoms with Gasteiger partial charge in [0.1, 0.15) is 23.2 Å². The van der Waals surface area contributed by atoms with E-state index in [0.717, 1.165) is 16.4 Å². The Morgan fingerprint density at radius 2 is 1.94 bits per heavy atom. The summed E-state index contributed by atoms with van der Waals surface area (Å²) in [5.41, 5.74) is 26.2. The monoisotopic (exact) mass is 723 g/mol. The Balaban J connectivity index is 1.54. The van der Waals surface area contributed by atoms with Gasteiger partial charge in [0.25, 0.3) is 11.8 Å². The second-order valence-corrected chi connectivity index (χ2v) is 13.0. The number of nitrogens with zero attached hydrogens (tertiary/aromatic N) is 7. The molecule has 22 nitrogen and oxygen atoms in total. The number of β-lactam (4-membered cyclic amide) rings is 1. The first-order valence-electron chi connectivity index (χ1n) is 14.2. The number of aliphatic imine (C=N–C) groups is 1. The summed E-state index contributed by atoms with van der Waals surface area (Å²) in [5.74, 6) is -5.33. The summed E-state index contributed by atoms with van der Waals surface area (Å²) in [6.07, 6.45) is 1.65. The molecule has 2 aliphatic rings. The van der Waals surface area contributed by atoms with Crippen molar-refractivity contribution in [1.82, 2.24) is 24.3 Å². The number of carbonyl (C=O) groups excluding carboxylic acids is 3. The highest BCUT2D eigenvalue weighted by molar-refractivity contribution is 8.00. The molecule has 49 heavy (non-hydrogen) atoms. The number of aromatic nitrogens is 4. The van der Waals surface area contributed by atoms with Crippen molar-refractivity contribution in [3.63, 3.8) is 0 Å². The SMILES string of the molecule is Cn1c(N)c(NC(=O)[C@H](CCN)N=C(N)N)c[n+]1CC1=C(C(=O)O)N2C(=O)[C@@H](NC(=O)/C(=N\OC(C)(C)C(=O)O)c3nsc(N)n3)[C@H]2SC1. The van der Waals surface area contributed by atoms with Crippen molar-refractivity contribution in [2.75, 3.05) is 29.1 Å². The third-order valence-corrected chi connectivity index (χ3v) is 9.11. The van der Waals surface area contributed by atoms with Gasteiger partial charge < -0.3 is 54.4 Å². The number of nitrogen functional groups attached to an aromatic ring is 2. The van der Waals surface area contributed by atoms with Crippen molar-refractivity contribution in [2.45, 2.75) is 49.9 Å². The predicted molar refractivity (Wildman–Crippen MR) is 175 cm³/mol. The minimum atomic E-state index is -1.83. The Morgan fingerprint density at radius 1 is 1.24 bits per heavy atom. The number of fused-ring (bicyclic) bond motifs is 1. The molecule has 2 aromatic rings. The summed E-state index contributed by atoms with van der Waals surface area (Å²) < 4.78 is 6.94. The molecule has 3 atom stereocenters. The van der Waals surface area contributed by atoms with E-state index >= 15 is 0 Å². The number of guanidine groups is 1. The number of hydrogen-bond acceptors (Lipinski definition) is 15. The summed E-state index contributed by atoms with van der Waals surface area (Å²) in [6, 6.07) is -2.15. The smallest absolute Gasteiger partial charge is 0.352 e. The van der Waals surface area contributed by atoms with Crippen molar-refractivity contribution < 1.29 is 43.7 Å². The molecule has 2 aliphatic heterocycles. The molecule has 0 unspecified atom stereocenters. The molecule has 24 heteroatoms. The lowest BCUT2D eigenvalue weighted by Gasteiger charge is -2.49.